The average Bonchev–Trinajstić information content (AvgIpc) is 2.87. The molecule has 2 unspecified atom stereocenters. The van der Waals surface area contributed by atoms with E-state index in [0.29, 0.717) is 29.4 Å². The molecule has 2 atom stereocenters. The third-order valence-corrected chi connectivity index (χ3v) is 3.52. The van der Waals surface area contributed by atoms with Gasteiger partial charge in [0.05, 0.1) is 5.56 Å². The lowest BCUT2D eigenvalue weighted by Gasteiger charge is -2.35. The molecule has 1 aromatic carbocycles. The van der Waals surface area contributed by atoms with Crippen molar-refractivity contribution < 1.29 is 9.50 Å². The molecule has 1 aromatic heterocycles. The maximum Gasteiger partial charge on any atom is 0.245 e. The summed E-state index contributed by atoms with van der Waals surface area (Å²) in [7, 11) is 0. The van der Waals surface area contributed by atoms with Crippen LogP contribution >= 0.6 is 0 Å². The number of aromatic amines is 1. The molecule has 21 heavy (non-hydrogen) atoms. The van der Waals surface area contributed by atoms with Crippen LogP contribution in [0.2, 0.25) is 0 Å². The Morgan fingerprint density at radius 1 is 1.29 bits per heavy atom. The Kier molecular flexibility index (Phi) is 3.50. The summed E-state index contributed by atoms with van der Waals surface area (Å²) in [5.74, 6) is 0.291. The highest BCUT2D eigenvalue weighted by atomic mass is 19.1. The van der Waals surface area contributed by atoms with Gasteiger partial charge in [-0.2, -0.15) is 4.98 Å². The molecule has 0 bridgehead atoms. The van der Waals surface area contributed by atoms with E-state index < -0.39 is 5.82 Å². The number of anilines is 1. The minimum Gasteiger partial charge on any atom is -0.508 e. The number of piperazine rings is 1. The Bertz CT molecular complexity index is 634. The molecule has 3 N–H and O–H groups in total. The van der Waals surface area contributed by atoms with E-state index in [1.807, 2.05) is 0 Å². The van der Waals surface area contributed by atoms with Gasteiger partial charge in [-0.1, -0.05) is 0 Å². The van der Waals surface area contributed by atoms with Gasteiger partial charge in [0.1, 0.15) is 11.6 Å². The quantitative estimate of drug-likeness (QED) is 0.781. The summed E-state index contributed by atoms with van der Waals surface area (Å²) in [5, 5.41) is 19.6. The van der Waals surface area contributed by atoms with Crippen molar-refractivity contribution in [2.75, 3.05) is 18.0 Å². The molecule has 1 aliphatic rings. The van der Waals surface area contributed by atoms with Gasteiger partial charge in [0.25, 0.3) is 0 Å². The number of rotatable bonds is 2. The minimum absolute atomic E-state index is 0.110. The summed E-state index contributed by atoms with van der Waals surface area (Å²) in [6, 6.07) is 4.67. The number of aromatic hydroxyl groups is 1. The Balaban J connectivity index is 1.86. The van der Waals surface area contributed by atoms with Crippen LogP contribution in [0, 0.1) is 5.82 Å². The third-order valence-electron chi connectivity index (χ3n) is 3.52. The second-order valence-corrected chi connectivity index (χ2v) is 5.52. The first-order valence-electron chi connectivity index (χ1n) is 6.95. The lowest BCUT2D eigenvalue weighted by atomic mass is 10.1. The summed E-state index contributed by atoms with van der Waals surface area (Å²) < 4.78 is 13.8. The van der Waals surface area contributed by atoms with Gasteiger partial charge < -0.3 is 15.3 Å². The van der Waals surface area contributed by atoms with E-state index in [0.717, 1.165) is 19.2 Å². The van der Waals surface area contributed by atoms with Gasteiger partial charge in [-0.3, -0.25) is 5.10 Å². The zero-order chi connectivity index (χ0) is 15.0. The van der Waals surface area contributed by atoms with Crippen LogP contribution in [0.4, 0.5) is 10.3 Å². The number of phenols is 1. The second kappa shape index (κ2) is 5.33. The summed E-state index contributed by atoms with van der Waals surface area (Å²) >= 11 is 0. The fourth-order valence-corrected chi connectivity index (χ4v) is 2.70. The smallest absolute Gasteiger partial charge is 0.245 e. The van der Waals surface area contributed by atoms with E-state index in [2.05, 4.69) is 39.2 Å². The molecule has 2 heterocycles. The van der Waals surface area contributed by atoms with Gasteiger partial charge in [-0.05, 0) is 26.0 Å². The lowest BCUT2D eigenvalue weighted by molar-refractivity contribution is 0.403. The molecular formula is C14H18FN5O. The van der Waals surface area contributed by atoms with Gasteiger partial charge in [-0.25, -0.2) is 4.39 Å². The number of halogens is 1. The number of aromatic nitrogens is 3. The monoisotopic (exact) mass is 291 g/mol. The molecule has 112 valence electrons. The zero-order valence-electron chi connectivity index (χ0n) is 12.0. The van der Waals surface area contributed by atoms with E-state index in [1.165, 1.54) is 12.1 Å². The van der Waals surface area contributed by atoms with Crippen LogP contribution in [0.3, 0.4) is 0 Å². The number of phenolic OH excluding ortho intramolecular Hbond substituents is 1. The Morgan fingerprint density at radius 2 is 2.00 bits per heavy atom. The van der Waals surface area contributed by atoms with Gasteiger partial charge >= 0.3 is 0 Å². The van der Waals surface area contributed by atoms with E-state index in [-0.39, 0.29) is 5.75 Å². The summed E-state index contributed by atoms with van der Waals surface area (Å²) in [6.45, 7) is 5.82. The van der Waals surface area contributed by atoms with Crippen LogP contribution in [-0.4, -0.2) is 45.5 Å². The predicted octanol–water partition coefficient (Wildman–Crippen LogP) is 1.50. The van der Waals surface area contributed by atoms with Crippen molar-refractivity contribution in [3.8, 4) is 17.1 Å². The largest absolute Gasteiger partial charge is 0.508 e. The molecule has 7 heteroatoms. The first-order valence-corrected chi connectivity index (χ1v) is 6.95. The highest BCUT2D eigenvalue weighted by molar-refractivity contribution is 5.58. The van der Waals surface area contributed by atoms with Gasteiger partial charge in [-0.15, -0.1) is 5.10 Å². The van der Waals surface area contributed by atoms with Crippen LogP contribution in [0.25, 0.3) is 11.4 Å². The molecule has 0 saturated carbocycles. The van der Waals surface area contributed by atoms with Crippen molar-refractivity contribution in [2.24, 2.45) is 0 Å². The second-order valence-electron chi connectivity index (χ2n) is 5.52. The predicted molar refractivity (Wildman–Crippen MR) is 77.7 cm³/mol. The van der Waals surface area contributed by atoms with Crippen molar-refractivity contribution in [3.63, 3.8) is 0 Å². The molecule has 1 fully saturated rings. The SMILES string of the molecule is CC1CN(c2n[nH]c(-c3ccc(O)cc3F)n2)CC(C)N1. The number of benzene rings is 1. The minimum atomic E-state index is -0.528. The maximum absolute atomic E-state index is 13.8. The molecule has 6 nitrogen and oxygen atoms in total. The number of hydrogen-bond donors (Lipinski definition) is 3. The highest BCUT2D eigenvalue weighted by Crippen LogP contribution is 2.24. The van der Waals surface area contributed by atoms with Crippen molar-refractivity contribution >= 4 is 5.95 Å². The van der Waals surface area contributed by atoms with Crippen molar-refractivity contribution in [1.29, 1.82) is 0 Å². The zero-order valence-corrected chi connectivity index (χ0v) is 12.0. The molecule has 1 saturated heterocycles. The summed E-state index contributed by atoms with van der Waals surface area (Å²) in [6.07, 6.45) is 0. The molecule has 3 rings (SSSR count). The van der Waals surface area contributed by atoms with Crippen LogP contribution in [0.5, 0.6) is 5.75 Å². The van der Waals surface area contributed by atoms with Crippen LogP contribution in [0.1, 0.15) is 13.8 Å². The van der Waals surface area contributed by atoms with Crippen LogP contribution < -0.4 is 10.2 Å². The average molecular weight is 291 g/mol. The summed E-state index contributed by atoms with van der Waals surface area (Å²) in [5.41, 5.74) is 0.294. The molecule has 1 aliphatic heterocycles. The highest BCUT2D eigenvalue weighted by Gasteiger charge is 2.24. The lowest BCUT2D eigenvalue weighted by Crippen LogP contribution is -2.54. The molecular weight excluding hydrogens is 273 g/mol. The number of H-pyrrole nitrogens is 1. The van der Waals surface area contributed by atoms with E-state index in [1.54, 1.807) is 0 Å². The normalized spacial score (nSPS) is 22.5. The molecule has 2 aromatic rings. The maximum atomic E-state index is 13.8. The Morgan fingerprint density at radius 3 is 2.67 bits per heavy atom. The topological polar surface area (TPSA) is 77.1 Å². The van der Waals surface area contributed by atoms with E-state index >= 15 is 0 Å². The van der Waals surface area contributed by atoms with Crippen molar-refractivity contribution in [2.45, 2.75) is 25.9 Å². The standard InChI is InChI=1S/C14H18FN5O/c1-8-6-20(7-9(2)16-8)14-17-13(18-19-14)11-4-3-10(21)5-12(11)15/h3-5,8-9,16,21H,6-7H2,1-2H3,(H,17,18,19). The van der Waals surface area contributed by atoms with Crippen molar-refractivity contribution in [3.05, 3.63) is 24.0 Å². The number of hydrogen-bond acceptors (Lipinski definition) is 5. The fraction of sp³-hybridized carbons (Fsp3) is 0.429. The molecule has 0 amide bonds. The third kappa shape index (κ3) is 2.82. The van der Waals surface area contributed by atoms with Crippen LogP contribution in [-0.2, 0) is 0 Å². The number of nitrogens with zero attached hydrogens (tertiary/aromatic N) is 3. The van der Waals surface area contributed by atoms with Crippen molar-refractivity contribution in [1.82, 2.24) is 20.5 Å². The first-order chi connectivity index (χ1) is 10.0. The van der Waals surface area contributed by atoms with Gasteiger partial charge in [0, 0.05) is 31.2 Å². The van der Waals surface area contributed by atoms with Gasteiger partial charge in [0.15, 0.2) is 5.82 Å². The van der Waals surface area contributed by atoms with Gasteiger partial charge in [0.2, 0.25) is 5.95 Å². The molecule has 0 radical (unpaired) electrons. The molecule has 0 spiro atoms. The summed E-state index contributed by atoms with van der Waals surface area (Å²) in [4.78, 5) is 6.45. The fourth-order valence-electron chi connectivity index (χ4n) is 2.70. The first kappa shape index (κ1) is 13.8. The Labute approximate surface area is 122 Å². The van der Waals surface area contributed by atoms with E-state index in [9.17, 15) is 9.50 Å². The van der Waals surface area contributed by atoms with E-state index in [4.69, 9.17) is 0 Å². The molecule has 0 aliphatic carbocycles. The Hall–Kier alpha value is -2.15. The van der Waals surface area contributed by atoms with Crippen LogP contribution in [0.15, 0.2) is 18.2 Å². The number of nitrogens with one attached hydrogen (secondary N) is 2.